The summed E-state index contributed by atoms with van der Waals surface area (Å²) in [4.78, 5) is 12.6. The number of amidine groups is 1. The Bertz CT molecular complexity index is 873. The van der Waals surface area contributed by atoms with Crippen molar-refractivity contribution in [1.29, 1.82) is 0 Å². The van der Waals surface area contributed by atoms with Crippen LogP contribution in [0.1, 0.15) is 17.0 Å². The van der Waals surface area contributed by atoms with E-state index in [0.29, 0.717) is 11.3 Å². The normalized spacial score (nSPS) is 18.2. The van der Waals surface area contributed by atoms with Crippen LogP contribution in [0.4, 0.5) is 13.5 Å². The molecule has 4 rings (SSSR count). The summed E-state index contributed by atoms with van der Waals surface area (Å²) >= 11 is -0.0234. The number of hydrogen-bond acceptors (Lipinski definition) is 6. The molecule has 0 bridgehead atoms. The molecule has 2 aliphatic heterocycles. The molecule has 8 heteroatoms. The molecule has 0 saturated heterocycles. The van der Waals surface area contributed by atoms with Crippen molar-refractivity contribution < 1.29 is 7.77 Å². The second kappa shape index (κ2) is 6.37. The third kappa shape index (κ3) is 2.71. The molecule has 2 aromatic rings. The number of nitrogens with one attached hydrogen (secondary N) is 1. The van der Waals surface area contributed by atoms with E-state index in [9.17, 15) is 7.77 Å². The molecular weight excluding hydrogens is 350 g/mol. The monoisotopic (exact) mass is 360 g/mol. The van der Waals surface area contributed by atoms with Gasteiger partial charge in [0, 0.05) is 29.2 Å². The fourth-order valence-corrected chi connectivity index (χ4v) is 3.38. The van der Waals surface area contributed by atoms with Gasteiger partial charge in [-0.2, -0.15) is 7.77 Å². The van der Waals surface area contributed by atoms with E-state index in [-0.39, 0.29) is 40.3 Å². The Balaban J connectivity index is 1.71. The van der Waals surface area contributed by atoms with Gasteiger partial charge in [-0.05, 0) is 24.3 Å². The highest BCUT2D eigenvalue weighted by Gasteiger charge is 2.27. The standard InChI is InChI=1S/C16H10F2N4S2/c17-23-14-6-9(7-15(22-14)24-18)12-3-1-2-10-11-8-19-5-4-13(11)21-16(10)20-12/h1-8,10H,(H,20,21). The highest BCUT2D eigenvalue weighted by atomic mass is 32.2. The lowest BCUT2D eigenvalue weighted by Crippen LogP contribution is -2.24. The lowest BCUT2D eigenvalue weighted by atomic mass is 10.0. The summed E-state index contributed by atoms with van der Waals surface area (Å²) < 4.78 is 25.8. The lowest BCUT2D eigenvalue weighted by Gasteiger charge is -2.13. The van der Waals surface area contributed by atoms with Crippen molar-refractivity contribution in [3.63, 3.8) is 0 Å². The number of aliphatic imine (C=N–C) groups is 1. The van der Waals surface area contributed by atoms with E-state index in [0.717, 1.165) is 17.1 Å². The van der Waals surface area contributed by atoms with Gasteiger partial charge in [-0.3, -0.25) is 4.98 Å². The van der Waals surface area contributed by atoms with Gasteiger partial charge in [-0.25, -0.2) is 9.98 Å². The van der Waals surface area contributed by atoms with Crippen molar-refractivity contribution in [2.75, 3.05) is 0 Å². The zero-order valence-electron chi connectivity index (χ0n) is 12.1. The van der Waals surface area contributed by atoms with Gasteiger partial charge >= 0.3 is 0 Å². The fourth-order valence-electron chi connectivity index (χ4n) is 2.71. The molecule has 4 heterocycles. The van der Waals surface area contributed by atoms with Crippen molar-refractivity contribution in [3.8, 4) is 0 Å². The van der Waals surface area contributed by atoms with E-state index < -0.39 is 0 Å². The average Bonchev–Trinajstić information content (AvgIpc) is 2.83. The topological polar surface area (TPSA) is 50.2 Å². The Morgan fingerprint density at radius 1 is 1.12 bits per heavy atom. The first kappa shape index (κ1) is 15.3. The zero-order chi connectivity index (χ0) is 16.5. The minimum absolute atomic E-state index is 0.00525. The van der Waals surface area contributed by atoms with E-state index in [1.807, 2.05) is 24.3 Å². The third-order valence-electron chi connectivity index (χ3n) is 3.78. The van der Waals surface area contributed by atoms with Gasteiger partial charge < -0.3 is 5.32 Å². The predicted molar refractivity (Wildman–Crippen MR) is 92.5 cm³/mol. The molecule has 0 saturated carbocycles. The highest BCUT2D eigenvalue weighted by Crippen LogP contribution is 2.37. The van der Waals surface area contributed by atoms with Gasteiger partial charge in [-0.15, -0.1) is 0 Å². The summed E-state index contributed by atoms with van der Waals surface area (Å²) in [6, 6.07) is 5.00. The maximum absolute atomic E-state index is 12.9. The average molecular weight is 360 g/mol. The second-order valence-electron chi connectivity index (χ2n) is 5.19. The molecule has 0 aromatic carbocycles. The van der Waals surface area contributed by atoms with E-state index in [2.05, 4.69) is 20.3 Å². The van der Waals surface area contributed by atoms with Crippen molar-refractivity contribution in [2.45, 2.75) is 16.0 Å². The molecule has 1 atom stereocenters. The largest absolute Gasteiger partial charge is 0.342 e. The van der Waals surface area contributed by atoms with E-state index in [1.165, 1.54) is 0 Å². The number of pyridine rings is 2. The molecule has 4 nitrogen and oxygen atoms in total. The number of fused-ring (bicyclic) bond motifs is 3. The first-order chi connectivity index (χ1) is 11.8. The van der Waals surface area contributed by atoms with Crippen LogP contribution < -0.4 is 5.32 Å². The quantitative estimate of drug-likeness (QED) is 0.855. The number of aromatic nitrogens is 2. The summed E-state index contributed by atoms with van der Waals surface area (Å²) in [7, 11) is 0. The van der Waals surface area contributed by atoms with Gasteiger partial charge in [-0.1, -0.05) is 12.2 Å². The van der Waals surface area contributed by atoms with E-state index in [4.69, 9.17) is 0 Å². The van der Waals surface area contributed by atoms with Crippen molar-refractivity contribution in [2.24, 2.45) is 4.99 Å². The Morgan fingerprint density at radius 2 is 1.92 bits per heavy atom. The molecule has 2 aliphatic rings. The van der Waals surface area contributed by atoms with E-state index in [1.54, 1.807) is 24.5 Å². The summed E-state index contributed by atoms with van der Waals surface area (Å²) in [5.74, 6) is 0.757. The SMILES string of the molecule is FSc1cc(C2=CC=CC3C(=Nc4ccncc43)N2)cc(SF)n1. The van der Waals surface area contributed by atoms with Gasteiger partial charge in [0.2, 0.25) is 0 Å². The Labute approximate surface area is 145 Å². The third-order valence-corrected chi connectivity index (χ3v) is 4.51. The smallest absolute Gasteiger partial charge is 0.131 e. The van der Waals surface area contributed by atoms with Crippen LogP contribution in [0.5, 0.6) is 0 Å². The van der Waals surface area contributed by atoms with Crippen LogP contribution in [-0.4, -0.2) is 15.8 Å². The van der Waals surface area contributed by atoms with Gasteiger partial charge in [0.25, 0.3) is 0 Å². The van der Waals surface area contributed by atoms with Crippen molar-refractivity contribution >= 4 is 41.5 Å². The van der Waals surface area contributed by atoms with Crippen molar-refractivity contribution in [1.82, 2.24) is 15.3 Å². The molecular formula is C16H10F2N4S2. The fraction of sp³-hybridized carbons (Fsp3) is 0.0625. The Hall–Kier alpha value is -2.19. The molecule has 24 heavy (non-hydrogen) atoms. The number of allylic oxidation sites excluding steroid dienone is 2. The Morgan fingerprint density at radius 3 is 2.67 bits per heavy atom. The molecule has 0 amide bonds. The van der Waals surface area contributed by atoms with Crippen LogP contribution in [0.2, 0.25) is 0 Å². The van der Waals surface area contributed by atoms with Crippen LogP contribution in [0.15, 0.2) is 63.9 Å². The number of halogens is 2. The number of nitrogens with zero attached hydrogens (tertiary/aromatic N) is 3. The molecule has 1 unspecified atom stereocenters. The minimum atomic E-state index is -0.0117. The van der Waals surface area contributed by atoms with Crippen molar-refractivity contribution in [3.05, 3.63) is 59.9 Å². The molecule has 1 N–H and O–H groups in total. The summed E-state index contributed by atoms with van der Waals surface area (Å²) in [5.41, 5.74) is 3.26. The van der Waals surface area contributed by atoms with E-state index >= 15 is 0 Å². The second-order valence-corrected chi connectivity index (χ2v) is 6.33. The molecule has 0 spiro atoms. The van der Waals surface area contributed by atoms with Crippen LogP contribution in [-0.2, 0) is 0 Å². The summed E-state index contributed by atoms with van der Waals surface area (Å²) in [6.07, 6.45) is 9.28. The van der Waals surface area contributed by atoms with Crippen LogP contribution in [0, 0.1) is 0 Å². The van der Waals surface area contributed by atoms with Crippen LogP contribution in [0.3, 0.4) is 0 Å². The maximum atomic E-state index is 12.9. The van der Waals surface area contributed by atoms with Crippen LogP contribution in [0.25, 0.3) is 5.70 Å². The molecule has 0 radical (unpaired) electrons. The maximum Gasteiger partial charge on any atom is 0.131 e. The molecule has 0 aliphatic carbocycles. The minimum Gasteiger partial charge on any atom is -0.342 e. The summed E-state index contributed by atoms with van der Waals surface area (Å²) in [5, 5.41) is 3.50. The zero-order valence-corrected chi connectivity index (χ0v) is 13.7. The molecule has 2 aromatic heterocycles. The van der Waals surface area contributed by atoms with Gasteiger partial charge in [0.05, 0.1) is 11.6 Å². The lowest BCUT2D eigenvalue weighted by molar-refractivity contribution is 0.880. The first-order valence-corrected chi connectivity index (χ1v) is 8.49. The number of hydrogen-bond donors (Lipinski definition) is 1. The molecule has 0 fully saturated rings. The van der Waals surface area contributed by atoms with Gasteiger partial charge in [0.1, 0.15) is 40.2 Å². The number of rotatable bonds is 3. The Kier molecular flexibility index (Phi) is 4.07. The molecule has 120 valence electrons. The predicted octanol–water partition coefficient (Wildman–Crippen LogP) is 4.76. The first-order valence-electron chi connectivity index (χ1n) is 7.06. The van der Waals surface area contributed by atoms with Crippen LogP contribution >= 0.6 is 24.3 Å². The highest BCUT2D eigenvalue weighted by molar-refractivity contribution is 7.94. The summed E-state index contributed by atoms with van der Waals surface area (Å²) in [6.45, 7) is 0. The van der Waals surface area contributed by atoms with Gasteiger partial charge in [0.15, 0.2) is 0 Å².